The zero-order valence-electron chi connectivity index (χ0n) is 17.6. The van der Waals surface area contributed by atoms with Gasteiger partial charge in [0.25, 0.3) is 0 Å². The van der Waals surface area contributed by atoms with Gasteiger partial charge in [-0.25, -0.2) is 4.98 Å². The van der Waals surface area contributed by atoms with Crippen LogP contribution >= 0.6 is 0 Å². The summed E-state index contributed by atoms with van der Waals surface area (Å²) in [5.74, 6) is 2.80. The second kappa shape index (κ2) is 9.47. The van der Waals surface area contributed by atoms with Crippen LogP contribution in [0.2, 0.25) is 0 Å². The van der Waals surface area contributed by atoms with Gasteiger partial charge in [-0.15, -0.1) is 0 Å². The normalized spacial score (nSPS) is 15.4. The third-order valence-electron chi connectivity index (χ3n) is 5.35. The number of benzene rings is 1. The van der Waals surface area contributed by atoms with Crippen molar-refractivity contribution >= 4 is 11.6 Å². The van der Waals surface area contributed by atoms with Gasteiger partial charge in [0, 0.05) is 38.8 Å². The van der Waals surface area contributed by atoms with Gasteiger partial charge in [-0.2, -0.15) is 5.10 Å². The van der Waals surface area contributed by atoms with E-state index in [0.717, 1.165) is 24.9 Å². The zero-order chi connectivity index (χ0) is 20.8. The molecule has 1 aliphatic rings. The molecule has 2 aromatic heterocycles. The van der Waals surface area contributed by atoms with Crippen LogP contribution in [0.5, 0.6) is 0 Å². The minimum atomic E-state index is 0.148. The molecule has 1 aromatic carbocycles. The third-order valence-corrected chi connectivity index (χ3v) is 5.35. The number of aromatic amines is 1. The monoisotopic (exact) mass is 407 g/mol. The highest BCUT2D eigenvalue weighted by Gasteiger charge is 2.15. The minimum absolute atomic E-state index is 0.148. The van der Waals surface area contributed by atoms with Gasteiger partial charge in [-0.1, -0.05) is 12.1 Å². The fourth-order valence-electron chi connectivity index (χ4n) is 3.67. The Hall–Kier alpha value is -3.29. The SMILES string of the molecule is CN=C(NCCc1nc(-c2ccco2)n[nH]1)NC(C)c1cccc(N2CCCC2)c1. The first-order valence-corrected chi connectivity index (χ1v) is 10.5. The van der Waals surface area contributed by atoms with Gasteiger partial charge in [0.05, 0.1) is 12.3 Å². The molecule has 158 valence electrons. The number of aromatic nitrogens is 3. The Labute approximate surface area is 176 Å². The van der Waals surface area contributed by atoms with Crippen LogP contribution in [0, 0.1) is 0 Å². The van der Waals surface area contributed by atoms with Crippen LogP contribution in [0.4, 0.5) is 5.69 Å². The summed E-state index contributed by atoms with van der Waals surface area (Å²) in [7, 11) is 1.78. The highest BCUT2D eigenvalue weighted by Crippen LogP contribution is 2.24. The Morgan fingerprint density at radius 2 is 2.13 bits per heavy atom. The maximum absolute atomic E-state index is 5.33. The van der Waals surface area contributed by atoms with Crippen molar-refractivity contribution < 1.29 is 4.42 Å². The number of anilines is 1. The summed E-state index contributed by atoms with van der Waals surface area (Å²) in [6.45, 7) is 5.14. The summed E-state index contributed by atoms with van der Waals surface area (Å²) in [5, 5.41) is 14.0. The fraction of sp³-hybridized carbons (Fsp3) is 0.409. The molecule has 0 saturated carbocycles. The Morgan fingerprint density at radius 3 is 2.90 bits per heavy atom. The molecule has 0 bridgehead atoms. The molecule has 1 atom stereocenters. The largest absolute Gasteiger partial charge is 0.461 e. The molecule has 0 aliphatic carbocycles. The van der Waals surface area contributed by atoms with Crippen molar-refractivity contribution in [3.63, 3.8) is 0 Å². The lowest BCUT2D eigenvalue weighted by Crippen LogP contribution is -2.39. The maximum Gasteiger partial charge on any atom is 0.216 e. The van der Waals surface area contributed by atoms with Gasteiger partial charge in [0.15, 0.2) is 11.7 Å². The molecular weight excluding hydrogens is 378 g/mol. The third kappa shape index (κ3) is 4.82. The van der Waals surface area contributed by atoms with Crippen molar-refractivity contribution in [1.82, 2.24) is 25.8 Å². The number of H-pyrrole nitrogens is 1. The van der Waals surface area contributed by atoms with Crippen molar-refractivity contribution in [3.8, 4) is 11.6 Å². The van der Waals surface area contributed by atoms with Crippen LogP contribution in [-0.4, -0.2) is 47.8 Å². The van der Waals surface area contributed by atoms with Crippen LogP contribution < -0.4 is 15.5 Å². The van der Waals surface area contributed by atoms with Gasteiger partial charge in [0.2, 0.25) is 5.82 Å². The molecule has 0 amide bonds. The molecule has 0 radical (unpaired) electrons. The maximum atomic E-state index is 5.33. The Bertz CT molecular complexity index is 958. The number of nitrogens with one attached hydrogen (secondary N) is 3. The second-order valence-electron chi connectivity index (χ2n) is 7.49. The van der Waals surface area contributed by atoms with E-state index in [-0.39, 0.29) is 6.04 Å². The van der Waals surface area contributed by atoms with Crippen molar-refractivity contribution in [2.45, 2.75) is 32.2 Å². The average molecular weight is 408 g/mol. The number of guanidine groups is 1. The molecule has 3 N–H and O–H groups in total. The first kappa shape index (κ1) is 20.0. The molecule has 8 nitrogen and oxygen atoms in total. The number of hydrogen-bond acceptors (Lipinski definition) is 5. The molecule has 1 fully saturated rings. The topological polar surface area (TPSA) is 94.4 Å². The molecule has 0 spiro atoms. The van der Waals surface area contributed by atoms with E-state index in [0.29, 0.717) is 24.6 Å². The summed E-state index contributed by atoms with van der Waals surface area (Å²) >= 11 is 0. The second-order valence-corrected chi connectivity index (χ2v) is 7.49. The lowest BCUT2D eigenvalue weighted by Gasteiger charge is -2.22. The molecule has 1 saturated heterocycles. The number of aliphatic imine (C=N–C) groups is 1. The predicted molar refractivity (Wildman–Crippen MR) is 119 cm³/mol. The van der Waals surface area contributed by atoms with E-state index in [9.17, 15) is 0 Å². The lowest BCUT2D eigenvalue weighted by atomic mass is 10.1. The molecule has 8 heteroatoms. The average Bonchev–Trinajstić information content (AvgIpc) is 3.55. The van der Waals surface area contributed by atoms with E-state index in [1.54, 1.807) is 13.3 Å². The zero-order valence-corrected chi connectivity index (χ0v) is 17.6. The van der Waals surface area contributed by atoms with Gasteiger partial charge in [-0.3, -0.25) is 10.1 Å². The smallest absolute Gasteiger partial charge is 0.216 e. The van der Waals surface area contributed by atoms with Crippen molar-refractivity contribution in [1.29, 1.82) is 0 Å². The molecule has 4 rings (SSSR count). The Balaban J connectivity index is 1.29. The highest BCUT2D eigenvalue weighted by atomic mass is 16.3. The van der Waals surface area contributed by atoms with Gasteiger partial charge >= 0.3 is 0 Å². The number of nitrogens with zero attached hydrogens (tertiary/aromatic N) is 4. The van der Waals surface area contributed by atoms with Crippen LogP contribution in [0.25, 0.3) is 11.6 Å². The summed E-state index contributed by atoms with van der Waals surface area (Å²) < 4.78 is 5.33. The van der Waals surface area contributed by atoms with Gasteiger partial charge in [0.1, 0.15) is 5.82 Å². The van der Waals surface area contributed by atoms with E-state index in [2.05, 4.69) is 66.9 Å². The van der Waals surface area contributed by atoms with Crippen LogP contribution in [0.1, 0.15) is 37.2 Å². The number of furan rings is 1. The van der Waals surface area contributed by atoms with Crippen LogP contribution in [0.3, 0.4) is 0 Å². The fourth-order valence-corrected chi connectivity index (χ4v) is 3.67. The molecule has 1 unspecified atom stereocenters. The van der Waals surface area contributed by atoms with E-state index >= 15 is 0 Å². The first-order chi connectivity index (χ1) is 14.7. The lowest BCUT2D eigenvalue weighted by molar-refractivity contribution is 0.577. The van der Waals surface area contributed by atoms with Crippen LogP contribution in [-0.2, 0) is 6.42 Å². The summed E-state index contributed by atoms with van der Waals surface area (Å²) in [6.07, 6.45) is 4.88. The van der Waals surface area contributed by atoms with E-state index in [4.69, 9.17) is 4.42 Å². The van der Waals surface area contributed by atoms with E-state index in [1.807, 2.05) is 12.1 Å². The van der Waals surface area contributed by atoms with Crippen molar-refractivity contribution in [3.05, 3.63) is 54.0 Å². The first-order valence-electron chi connectivity index (χ1n) is 10.5. The Kier molecular flexibility index (Phi) is 6.32. The van der Waals surface area contributed by atoms with Crippen molar-refractivity contribution in [2.24, 2.45) is 4.99 Å². The molecular formula is C22H29N7O. The van der Waals surface area contributed by atoms with E-state index in [1.165, 1.54) is 24.1 Å². The number of rotatable bonds is 7. The van der Waals surface area contributed by atoms with Gasteiger partial charge < -0.3 is 20.0 Å². The quantitative estimate of drug-likeness (QED) is 0.411. The minimum Gasteiger partial charge on any atom is -0.461 e. The molecule has 1 aliphatic heterocycles. The van der Waals surface area contributed by atoms with Crippen LogP contribution in [0.15, 0.2) is 52.1 Å². The molecule has 30 heavy (non-hydrogen) atoms. The summed E-state index contributed by atoms with van der Waals surface area (Å²) in [4.78, 5) is 11.3. The molecule has 3 heterocycles. The van der Waals surface area contributed by atoms with Gasteiger partial charge in [-0.05, 0) is 49.6 Å². The Morgan fingerprint density at radius 1 is 1.27 bits per heavy atom. The molecule has 3 aromatic rings. The predicted octanol–water partition coefficient (Wildman–Crippen LogP) is 3.13. The van der Waals surface area contributed by atoms with Crippen molar-refractivity contribution in [2.75, 3.05) is 31.6 Å². The number of hydrogen-bond donors (Lipinski definition) is 3. The highest BCUT2D eigenvalue weighted by molar-refractivity contribution is 5.80. The standard InChI is InChI=1S/C22H29N7O/c1-16(17-7-5-8-18(15-17)29-12-3-4-13-29)25-22(23-2)24-11-10-20-26-21(28-27-20)19-9-6-14-30-19/h5-9,14-16H,3-4,10-13H2,1-2H3,(H2,23,24,25)(H,26,27,28). The summed E-state index contributed by atoms with van der Waals surface area (Å²) in [5.41, 5.74) is 2.56. The van der Waals surface area contributed by atoms with E-state index < -0.39 is 0 Å². The summed E-state index contributed by atoms with van der Waals surface area (Å²) in [6, 6.07) is 12.6.